The van der Waals surface area contributed by atoms with Gasteiger partial charge in [-0.15, -0.1) is 0 Å². The van der Waals surface area contributed by atoms with Gasteiger partial charge in [0.15, 0.2) is 0 Å². The second-order valence-corrected chi connectivity index (χ2v) is 6.09. The molecule has 1 aromatic carbocycles. The van der Waals surface area contributed by atoms with Crippen molar-refractivity contribution in [3.8, 4) is 0 Å². The number of hydrogen-bond donors (Lipinski definition) is 1. The van der Waals surface area contributed by atoms with E-state index in [-0.39, 0.29) is 0 Å². The van der Waals surface area contributed by atoms with E-state index >= 15 is 0 Å². The van der Waals surface area contributed by atoms with Crippen molar-refractivity contribution in [1.82, 2.24) is 9.78 Å². The first-order valence-corrected chi connectivity index (χ1v) is 7.87. The van der Waals surface area contributed by atoms with Crippen molar-refractivity contribution < 1.29 is 0 Å². The highest BCUT2D eigenvalue weighted by Crippen LogP contribution is 2.23. The zero-order valence-corrected chi connectivity index (χ0v) is 14.2. The Hall–Kier alpha value is -1.29. The van der Waals surface area contributed by atoms with Crippen LogP contribution in [-0.4, -0.2) is 9.78 Å². The van der Waals surface area contributed by atoms with Crippen molar-refractivity contribution in [3.63, 3.8) is 0 Å². The summed E-state index contributed by atoms with van der Waals surface area (Å²) in [6.07, 6.45) is 0. The van der Waals surface area contributed by atoms with Gasteiger partial charge in [0, 0.05) is 12.2 Å². The van der Waals surface area contributed by atoms with Gasteiger partial charge < -0.3 is 5.32 Å². The Morgan fingerprint density at radius 2 is 2.10 bits per heavy atom. The van der Waals surface area contributed by atoms with Gasteiger partial charge in [0.25, 0.3) is 0 Å². The van der Waals surface area contributed by atoms with E-state index in [1.54, 1.807) is 0 Å². The smallest absolute Gasteiger partial charge is 0.0739 e. The van der Waals surface area contributed by atoms with Crippen molar-refractivity contribution in [2.75, 3.05) is 5.32 Å². The molecule has 1 N–H and O–H groups in total. The number of hydrogen-bond acceptors (Lipinski definition) is 2. The molecule has 0 saturated carbocycles. The Morgan fingerprint density at radius 3 is 2.75 bits per heavy atom. The van der Waals surface area contributed by atoms with Crippen LogP contribution in [0.1, 0.15) is 43.6 Å². The third-order valence-electron chi connectivity index (χ3n) is 3.47. The predicted octanol–water partition coefficient (Wildman–Crippen LogP) is 4.71. The maximum atomic E-state index is 4.52. The molecule has 0 spiro atoms. The van der Waals surface area contributed by atoms with Crippen molar-refractivity contribution in [1.29, 1.82) is 0 Å². The summed E-state index contributed by atoms with van der Waals surface area (Å²) in [4.78, 5) is 0. The molecule has 20 heavy (non-hydrogen) atoms. The van der Waals surface area contributed by atoms with Crippen LogP contribution in [-0.2, 0) is 13.1 Å². The average molecular weight is 336 g/mol. The summed E-state index contributed by atoms with van der Waals surface area (Å²) in [7, 11) is 0. The molecule has 0 saturated heterocycles. The number of halogens is 1. The fraction of sp³-hybridized carbons (Fsp3) is 0.438. The fourth-order valence-electron chi connectivity index (χ4n) is 2.23. The van der Waals surface area contributed by atoms with E-state index in [0.717, 1.165) is 28.9 Å². The molecule has 0 bridgehead atoms. The minimum absolute atomic E-state index is 0.548. The van der Waals surface area contributed by atoms with Gasteiger partial charge >= 0.3 is 0 Å². The summed E-state index contributed by atoms with van der Waals surface area (Å²) in [5, 5.41) is 8.01. The van der Waals surface area contributed by atoms with E-state index in [1.807, 2.05) is 11.6 Å². The Balaban J connectivity index is 2.15. The monoisotopic (exact) mass is 335 g/mol. The van der Waals surface area contributed by atoms with Gasteiger partial charge in [-0.2, -0.15) is 5.10 Å². The van der Waals surface area contributed by atoms with E-state index in [0.29, 0.717) is 5.92 Å². The molecule has 0 aliphatic heterocycles. The number of rotatable bonds is 5. The highest BCUT2D eigenvalue weighted by atomic mass is 79.9. The van der Waals surface area contributed by atoms with E-state index in [2.05, 4.69) is 71.4 Å². The number of nitrogens with zero attached hydrogens (tertiary/aromatic N) is 2. The lowest BCUT2D eigenvalue weighted by atomic mass is 10.0. The maximum Gasteiger partial charge on any atom is 0.0739 e. The number of benzene rings is 1. The molecule has 0 radical (unpaired) electrons. The first-order chi connectivity index (χ1) is 9.52. The topological polar surface area (TPSA) is 29.9 Å². The predicted molar refractivity (Wildman–Crippen MR) is 88.2 cm³/mol. The van der Waals surface area contributed by atoms with Gasteiger partial charge in [0.2, 0.25) is 0 Å². The van der Waals surface area contributed by atoms with Crippen LogP contribution in [0.3, 0.4) is 0 Å². The van der Waals surface area contributed by atoms with Crippen LogP contribution < -0.4 is 5.32 Å². The van der Waals surface area contributed by atoms with Crippen LogP contribution in [0.15, 0.2) is 28.7 Å². The van der Waals surface area contributed by atoms with Crippen molar-refractivity contribution >= 4 is 21.6 Å². The number of aryl methyl sites for hydroxylation is 2. The van der Waals surface area contributed by atoms with Crippen LogP contribution in [0.2, 0.25) is 0 Å². The molecule has 2 aromatic rings. The van der Waals surface area contributed by atoms with Crippen LogP contribution in [0.4, 0.5) is 5.69 Å². The summed E-state index contributed by atoms with van der Waals surface area (Å²) < 4.78 is 3.14. The van der Waals surface area contributed by atoms with Gasteiger partial charge in [0.05, 0.1) is 22.4 Å². The first kappa shape index (κ1) is 15.1. The Morgan fingerprint density at radius 1 is 1.35 bits per heavy atom. The normalized spacial score (nSPS) is 11.1. The largest absolute Gasteiger partial charge is 0.379 e. The molecular formula is C16H22BrN3. The lowest BCUT2D eigenvalue weighted by Crippen LogP contribution is -2.08. The van der Waals surface area contributed by atoms with E-state index in [1.165, 1.54) is 11.3 Å². The molecule has 3 nitrogen and oxygen atoms in total. The minimum atomic E-state index is 0.548. The Kier molecular flexibility index (Phi) is 4.86. The van der Waals surface area contributed by atoms with Crippen LogP contribution >= 0.6 is 15.9 Å². The number of nitrogens with one attached hydrogen (secondary N) is 1. The van der Waals surface area contributed by atoms with Crippen LogP contribution in [0.5, 0.6) is 0 Å². The third-order valence-corrected chi connectivity index (χ3v) is 4.50. The lowest BCUT2D eigenvalue weighted by molar-refractivity contribution is 0.622. The lowest BCUT2D eigenvalue weighted by Gasteiger charge is -2.11. The molecule has 2 rings (SSSR count). The number of anilines is 1. The second-order valence-electron chi connectivity index (χ2n) is 5.30. The molecule has 0 amide bonds. The van der Waals surface area contributed by atoms with Gasteiger partial charge in [-0.05, 0) is 53.4 Å². The molecule has 0 fully saturated rings. The molecule has 0 unspecified atom stereocenters. The third kappa shape index (κ3) is 3.23. The van der Waals surface area contributed by atoms with Crippen molar-refractivity contribution in [2.24, 2.45) is 0 Å². The molecule has 1 aromatic heterocycles. The zero-order chi connectivity index (χ0) is 14.7. The number of aromatic nitrogens is 2. The molecule has 0 atom stereocenters. The van der Waals surface area contributed by atoms with Gasteiger partial charge in [0.1, 0.15) is 0 Å². The van der Waals surface area contributed by atoms with Crippen LogP contribution in [0.25, 0.3) is 0 Å². The molecule has 1 heterocycles. The van der Waals surface area contributed by atoms with Gasteiger partial charge in [-0.3, -0.25) is 4.68 Å². The summed E-state index contributed by atoms with van der Waals surface area (Å²) in [6, 6.07) is 8.61. The quantitative estimate of drug-likeness (QED) is 0.857. The molecule has 4 heteroatoms. The maximum absolute atomic E-state index is 4.52. The molecule has 0 aliphatic rings. The standard InChI is InChI=1S/C16H22BrN3/c1-5-20-15(16(17)12(4)19-20)10-18-14-8-6-7-13(9-14)11(2)3/h6-9,11,18H,5,10H2,1-4H3. The summed E-state index contributed by atoms with van der Waals surface area (Å²) >= 11 is 3.63. The zero-order valence-electron chi connectivity index (χ0n) is 12.6. The summed E-state index contributed by atoms with van der Waals surface area (Å²) in [6.45, 7) is 10.2. The fourth-order valence-corrected chi connectivity index (χ4v) is 2.66. The summed E-state index contributed by atoms with van der Waals surface area (Å²) in [5.41, 5.74) is 4.75. The highest BCUT2D eigenvalue weighted by molar-refractivity contribution is 9.10. The van der Waals surface area contributed by atoms with Gasteiger partial charge in [-0.25, -0.2) is 0 Å². The highest BCUT2D eigenvalue weighted by Gasteiger charge is 2.11. The average Bonchev–Trinajstić information content (AvgIpc) is 2.72. The van der Waals surface area contributed by atoms with E-state index < -0.39 is 0 Å². The van der Waals surface area contributed by atoms with Gasteiger partial charge in [-0.1, -0.05) is 26.0 Å². The SMILES string of the molecule is CCn1nc(C)c(Br)c1CNc1cccc(C(C)C)c1. The first-order valence-electron chi connectivity index (χ1n) is 7.08. The Bertz CT molecular complexity index is 587. The van der Waals surface area contributed by atoms with E-state index in [9.17, 15) is 0 Å². The second kappa shape index (κ2) is 6.44. The molecular weight excluding hydrogens is 314 g/mol. The van der Waals surface area contributed by atoms with Crippen molar-refractivity contribution in [3.05, 3.63) is 45.7 Å². The van der Waals surface area contributed by atoms with E-state index in [4.69, 9.17) is 0 Å². The Labute approximate surface area is 129 Å². The molecule has 108 valence electrons. The van der Waals surface area contributed by atoms with Crippen molar-refractivity contribution in [2.45, 2.75) is 46.7 Å². The minimum Gasteiger partial charge on any atom is -0.379 e. The van der Waals surface area contributed by atoms with Crippen LogP contribution in [0, 0.1) is 6.92 Å². The summed E-state index contributed by atoms with van der Waals surface area (Å²) in [5.74, 6) is 0.548. The molecule has 0 aliphatic carbocycles.